The first-order chi connectivity index (χ1) is 15.1. The van der Waals surface area contributed by atoms with Crippen LogP contribution in [0.25, 0.3) is 16.9 Å². The Balaban J connectivity index is 1.67. The first kappa shape index (κ1) is 21.6. The zero-order valence-electron chi connectivity index (χ0n) is 17.9. The molecule has 0 saturated carbocycles. The van der Waals surface area contributed by atoms with Crippen LogP contribution in [0.3, 0.4) is 0 Å². The number of hydrogen-bond acceptors (Lipinski definition) is 2. The van der Waals surface area contributed by atoms with Gasteiger partial charge in [0.05, 0.1) is 23.4 Å². The normalized spacial score (nSPS) is 11.7. The van der Waals surface area contributed by atoms with Gasteiger partial charge in [0, 0.05) is 17.4 Å². The van der Waals surface area contributed by atoms with Crippen LogP contribution in [0.2, 0.25) is 0 Å². The predicted octanol–water partition coefficient (Wildman–Crippen LogP) is 6.13. The minimum atomic E-state index is -4.42. The van der Waals surface area contributed by atoms with Crippen molar-refractivity contribution in [3.05, 3.63) is 88.7 Å². The molecule has 0 aliphatic heterocycles. The van der Waals surface area contributed by atoms with Gasteiger partial charge in [0.25, 0.3) is 0 Å². The van der Waals surface area contributed by atoms with E-state index in [1.165, 1.54) is 12.1 Å². The molecule has 0 aliphatic rings. The highest BCUT2D eigenvalue weighted by Crippen LogP contribution is 2.30. The lowest BCUT2D eigenvalue weighted by molar-refractivity contribution is -0.137. The summed E-state index contributed by atoms with van der Waals surface area (Å²) in [7, 11) is 0. The van der Waals surface area contributed by atoms with Crippen molar-refractivity contribution in [1.82, 2.24) is 9.38 Å². The summed E-state index contributed by atoms with van der Waals surface area (Å²) >= 11 is 0. The van der Waals surface area contributed by atoms with E-state index in [-0.39, 0.29) is 12.3 Å². The zero-order valence-corrected chi connectivity index (χ0v) is 17.9. The fourth-order valence-corrected chi connectivity index (χ4v) is 3.59. The fraction of sp³-hybridized carbons (Fsp3) is 0.200. The van der Waals surface area contributed by atoms with Crippen LogP contribution in [0.4, 0.5) is 18.9 Å². The van der Waals surface area contributed by atoms with Gasteiger partial charge in [-0.25, -0.2) is 4.98 Å². The van der Waals surface area contributed by atoms with Crippen molar-refractivity contribution in [2.45, 2.75) is 33.4 Å². The van der Waals surface area contributed by atoms with Gasteiger partial charge in [0.2, 0.25) is 5.91 Å². The Kier molecular flexibility index (Phi) is 5.50. The highest BCUT2D eigenvalue weighted by molar-refractivity contribution is 5.93. The van der Waals surface area contributed by atoms with Crippen molar-refractivity contribution in [3.63, 3.8) is 0 Å². The van der Waals surface area contributed by atoms with Crippen molar-refractivity contribution < 1.29 is 18.0 Å². The molecule has 0 bridgehead atoms. The highest BCUT2D eigenvalue weighted by Gasteiger charge is 2.30. The molecule has 2 heterocycles. The molecule has 1 amide bonds. The van der Waals surface area contributed by atoms with Gasteiger partial charge in [-0.1, -0.05) is 12.1 Å². The van der Waals surface area contributed by atoms with E-state index < -0.39 is 11.7 Å². The van der Waals surface area contributed by atoms with Gasteiger partial charge in [0.1, 0.15) is 5.65 Å². The van der Waals surface area contributed by atoms with Crippen LogP contribution in [0.15, 0.2) is 60.8 Å². The van der Waals surface area contributed by atoms with E-state index in [9.17, 15) is 18.0 Å². The summed E-state index contributed by atoms with van der Waals surface area (Å²) in [6, 6.07) is 14.3. The van der Waals surface area contributed by atoms with Crippen LogP contribution >= 0.6 is 0 Å². The van der Waals surface area contributed by atoms with E-state index in [0.29, 0.717) is 17.1 Å². The molecule has 4 nitrogen and oxygen atoms in total. The number of hydrogen-bond donors (Lipinski definition) is 1. The third-order valence-electron chi connectivity index (χ3n) is 5.48. The van der Waals surface area contributed by atoms with Gasteiger partial charge in [-0.2, -0.15) is 13.2 Å². The van der Waals surface area contributed by atoms with E-state index in [1.54, 1.807) is 0 Å². The summed E-state index contributed by atoms with van der Waals surface area (Å²) < 4.78 is 40.2. The Hall–Kier alpha value is -3.61. The fourth-order valence-electron chi connectivity index (χ4n) is 3.59. The summed E-state index contributed by atoms with van der Waals surface area (Å²) in [5.74, 6) is -0.336. The third-order valence-corrected chi connectivity index (χ3v) is 5.48. The highest BCUT2D eigenvalue weighted by atomic mass is 19.4. The SMILES string of the molecule is Cc1ccn2c(CC(=O)Nc3ccc(C(F)(F)F)cc3)c(-c3ccc(C)c(C)c3)nc2c1. The molecular weight excluding hydrogens is 415 g/mol. The molecule has 1 N–H and O–H groups in total. The monoisotopic (exact) mass is 437 g/mol. The van der Waals surface area contributed by atoms with E-state index in [4.69, 9.17) is 4.98 Å². The van der Waals surface area contributed by atoms with Gasteiger partial charge in [-0.3, -0.25) is 4.79 Å². The first-order valence-electron chi connectivity index (χ1n) is 10.1. The van der Waals surface area contributed by atoms with E-state index in [1.807, 2.05) is 61.7 Å². The lowest BCUT2D eigenvalue weighted by Crippen LogP contribution is -2.16. The molecule has 0 radical (unpaired) electrons. The van der Waals surface area contributed by atoms with E-state index in [2.05, 4.69) is 5.32 Å². The molecule has 4 rings (SSSR count). The van der Waals surface area contributed by atoms with Crippen molar-refractivity contribution in [2.75, 3.05) is 5.32 Å². The Morgan fingerprint density at radius 3 is 2.34 bits per heavy atom. The number of carbonyl (C=O) groups is 1. The smallest absolute Gasteiger partial charge is 0.326 e. The number of pyridine rings is 1. The van der Waals surface area contributed by atoms with Gasteiger partial charge in [0.15, 0.2) is 0 Å². The Morgan fingerprint density at radius 2 is 1.69 bits per heavy atom. The Morgan fingerprint density at radius 1 is 0.969 bits per heavy atom. The zero-order chi connectivity index (χ0) is 23.0. The number of carbonyl (C=O) groups excluding carboxylic acids is 1. The van der Waals surface area contributed by atoms with Crippen LogP contribution < -0.4 is 5.32 Å². The number of benzene rings is 2. The van der Waals surface area contributed by atoms with Crippen LogP contribution in [0, 0.1) is 20.8 Å². The molecule has 2 aromatic carbocycles. The summed E-state index contributed by atoms with van der Waals surface area (Å²) in [5, 5.41) is 2.69. The summed E-state index contributed by atoms with van der Waals surface area (Å²) in [5.41, 5.74) is 5.95. The molecule has 7 heteroatoms. The minimum Gasteiger partial charge on any atom is -0.326 e. The third kappa shape index (κ3) is 4.37. The predicted molar refractivity (Wildman–Crippen MR) is 119 cm³/mol. The van der Waals surface area contributed by atoms with Crippen molar-refractivity contribution in [2.24, 2.45) is 0 Å². The number of nitrogens with zero attached hydrogens (tertiary/aromatic N) is 2. The van der Waals surface area contributed by atoms with Crippen molar-refractivity contribution >= 4 is 17.2 Å². The molecule has 164 valence electrons. The Labute approximate surface area is 183 Å². The van der Waals surface area contributed by atoms with E-state index >= 15 is 0 Å². The van der Waals surface area contributed by atoms with Crippen molar-refractivity contribution in [1.29, 1.82) is 0 Å². The minimum absolute atomic E-state index is 0.0213. The molecule has 0 unspecified atom stereocenters. The van der Waals surface area contributed by atoms with Crippen LogP contribution in [0.1, 0.15) is 27.9 Å². The first-order valence-corrected chi connectivity index (χ1v) is 10.1. The maximum Gasteiger partial charge on any atom is 0.416 e. The van der Waals surface area contributed by atoms with E-state index in [0.717, 1.165) is 40.0 Å². The number of rotatable bonds is 4. The van der Waals surface area contributed by atoms with Gasteiger partial charge < -0.3 is 9.72 Å². The number of aromatic nitrogens is 2. The number of halogens is 3. The molecule has 4 aromatic rings. The number of amides is 1. The summed E-state index contributed by atoms with van der Waals surface area (Å²) in [4.78, 5) is 17.6. The van der Waals surface area contributed by atoms with Gasteiger partial charge in [-0.05, 0) is 79.9 Å². The summed E-state index contributed by atoms with van der Waals surface area (Å²) in [6.45, 7) is 6.03. The van der Waals surface area contributed by atoms with Crippen LogP contribution in [0.5, 0.6) is 0 Å². The number of aryl methyl sites for hydroxylation is 3. The average Bonchev–Trinajstić information content (AvgIpc) is 3.07. The van der Waals surface area contributed by atoms with Gasteiger partial charge in [-0.15, -0.1) is 0 Å². The second kappa shape index (κ2) is 8.15. The topological polar surface area (TPSA) is 46.4 Å². The maximum absolute atomic E-state index is 12.8. The van der Waals surface area contributed by atoms with Crippen molar-refractivity contribution in [3.8, 4) is 11.3 Å². The van der Waals surface area contributed by atoms with Crippen LogP contribution in [-0.4, -0.2) is 15.3 Å². The lowest BCUT2D eigenvalue weighted by atomic mass is 10.0. The molecule has 0 atom stereocenters. The van der Waals surface area contributed by atoms with Gasteiger partial charge >= 0.3 is 6.18 Å². The largest absolute Gasteiger partial charge is 0.416 e. The maximum atomic E-state index is 12.8. The Bertz CT molecular complexity index is 1300. The number of nitrogens with one attached hydrogen (secondary N) is 1. The second-order valence-electron chi connectivity index (χ2n) is 7.94. The lowest BCUT2D eigenvalue weighted by Gasteiger charge is -2.10. The number of fused-ring (bicyclic) bond motifs is 1. The number of anilines is 1. The van der Waals surface area contributed by atoms with Crippen LogP contribution in [-0.2, 0) is 17.4 Å². The molecule has 32 heavy (non-hydrogen) atoms. The average molecular weight is 437 g/mol. The molecule has 0 spiro atoms. The number of imidazole rings is 1. The molecular formula is C25H22F3N3O. The number of alkyl halides is 3. The quantitative estimate of drug-likeness (QED) is 0.418. The standard InChI is InChI=1S/C25H22F3N3O/c1-15-10-11-31-21(14-23(32)29-20-8-6-19(7-9-20)25(26,27)28)24(30-22(31)12-15)18-5-4-16(2)17(3)13-18/h4-13H,14H2,1-3H3,(H,29,32). The molecule has 0 saturated heterocycles. The molecule has 0 fully saturated rings. The summed E-state index contributed by atoms with van der Waals surface area (Å²) in [6.07, 6.45) is -2.52. The molecule has 2 aromatic heterocycles. The molecule has 0 aliphatic carbocycles. The second-order valence-corrected chi connectivity index (χ2v) is 7.94.